The first kappa shape index (κ1) is 13.9. The monoisotopic (exact) mass is 311 g/mol. The first-order valence-corrected chi connectivity index (χ1v) is 6.68. The molecule has 1 saturated carbocycles. The number of carbonyl (C=O) groups is 1. The Morgan fingerprint density at radius 2 is 2.19 bits per heavy atom. The van der Waals surface area contributed by atoms with Crippen LogP contribution in [0.2, 0.25) is 5.02 Å². The zero-order valence-electron chi connectivity index (χ0n) is 11.0. The molecule has 0 unspecified atom stereocenters. The molecule has 0 amide bonds. The summed E-state index contributed by atoms with van der Waals surface area (Å²) in [5.41, 5.74) is -0.221. The summed E-state index contributed by atoms with van der Waals surface area (Å²) in [5.74, 6) is -2.00. The van der Waals surface area contributed by atoms with Gasteiger partial charge in [0.25, 0.3) is 5.56 Å². The molecule has 5 nitrogen and oxygen atoms in total. The van der Waals surface area contributed by atoms with Gasteiger partial charge in [-0.1, -0.05) is 11.6 Å². The molecule has 110 valence electrons. The van der Waals surface area contributed by atoms with Crippen LogP contribution in [0, 0.1) is 5.82 Å². The van der Waals surface area contributed by atoms with Crippen molar-refractivity contribution in [1.29, 1.82) is 0 Å². The SMILES string of the molecule is COc1c(Cl)c(F)cn2c(=O)c(C(=O)O)cc(C3CC3)c12. The van der Waals surface area contributed by atoms with E-state index in [9.17, 15) is 14.0 Å². The lowest BCUT2D eigenvalue weighted by molar-refractivity contribution is 0.0694. The van der Waals surface area contributed by atoms with E-state index in [4.69, 9.17) is 21.4 Å². The van der Waals surface area contributed by atoms with E-state index >= 15 is 0 Å². The van der Waals surface area contributed by atoms with Crippen molar-refractivity contribution < 1.29 is 19.0 Å². The van der Waals surface area contributed by atoms with E-state index in [1.807, 2.05) is 0 Å². The Morgan fingerprint density at radius 3 is 2.71 bits per heavy atom. The second-order valence-electron chi connectivity index (χ2n) is 4.94. The van der Waals surface area contributed by atoms with Crippen molar-refractivity contribution in [3.05, 3.63) is 44.6 Å². The van der Waals surface area contributed by atoms with Gasteiger partial charge in [0, 0.05) is 0 Å². The number of rotatable bonds is 3. The van der Waals surface area contributed by atoms with Crippen LogP contribution in [0.3, 0.4) is 0 Å². The molecular formula is C14H11ClFNO4. The molecule has 0 aliphatic heterocycles. The number of fused-ring (bicyclic) bond motifs is 1. The molecule has 1 fully saturated rings. The molecule has 1 aliphatic carbocycles. The Morgan fingerprint density at radius 1 is 1.52 bits per heavy atom. The highest BCUT2D eigenvalue weighted by atomic mass is 35.5. The fourth-order valence-corrected chi connectivity index (χ4v) is 2.66. The van der Waals surface area contributed by atoms with Gasteiger partial charge in [0.15, 0.2) is 11.6 Å². The van der Waals surface area contributed by atoms with Crippen molar-refractivity contribution in [3.8, 4) is 5.75 Å². The van der Waals surface area contributed by atoms with Crippen molar-refractivity contribution in [2.45, 2.75) is 18.8 Å². The zero-order chi connectivity index (χ0) is 15.3. The van der Waals surface area contributed by atoms with Crippen molar-refractivity contribution in [1.82, 2.24) is 4.40 Å². The van der Waals surface area contributed by atoms with Crippen LogP contribution < -0.4 is 10.3 Å². The van der Waals surface area contributed by atoms with Crippen LogP contribution in [0.1, 0.15) is 34.7 Å². The lowest BCUT2D eigenvalue weighted by Gasteiger charge is -2.14. The number of nitrogens with zero attached hydrogens (tertiary/aromatic N) is 1. The average Bonchev–Trinajstić information content (AvgIpc) is 3.26. The topological polar surface area (TPSA) is 68.0 Å². The third-order valence-corrected chi connectivity index (χ3v) is 3.93. The Kier molecular flexibility index (Phi) is 3.13. The lowest BCUT2D eigenvalue weighted by Crippen LogP contribution is -2.23. The molecule has 0 atom stereocenters. The summed E-state index contributed by atoms with van der Waals surface area (Å²) in [5, 5.41) is 8.92. The first-order chi connectivity index (χ1) is 9.95. The van der Waals surface area contributed by atoms with Crippen LogP contribution in [0.5, 0.6) is 5.75 Å². The number of carboxylic acid groups (broad SMARTS) is 1. The molecule has 7 heteroatoms. The molecular weight excluding hydrogens is 301 g/mol. The van der Waals surface area contributed by atoms with Crippen LogP contribution in [0.4, 0.5) is 4.39 Å². The van der Waals surface area contributed by atoms with E-state index in [0.717, 1.165) is 23.4 Å². The lowest BCUT2D eigenvalue weighted by atomic mass is 10.1. The highest BCUT2D eigenvalue weighted by molar-refractivity contribution is 6.32. The van der Waals surface area contributed by atoms with Crippen LogP contribution >= 0.6 is 11.6 Å². The Balaban J connectivity index is 2.52. The Bertz CT molecular complexity index is 826. The Labute approximate surface area is 123 Å². The number of hydrogen-bond donors (Lipinski definition) is 1. The average molecular weight is 312 g/mol. The second kappa shape index (κ2) is 4.73. The second-order valence-corrected chi connectivity index (χ2v) is 5.32. The Hall–Kier alpha value is -2.08. The molecule has 2 aromatic rings. The summed E-state index contributed by atoms with van der Waals surface area (Å²) in [4.78, 5) is 23.4. The normalized spacial score (nSPS) is 14.4. The third-order valence-electron chi connectivity index (χ3n) is 3.58. The smallest absolute Gasteiger partial charge is 0.341 e. The minimum absolute atomic E-state index is 0.0487. The molecule has 3 rings (SSSR count). The van der Waals surface area contributed by atoms with Gasteiger partial charge in [-0.25, -0.2) is 9.18 Å². The van der Waals surface area contributed by atoms with Crippen molar-refractivity contribution in [2.75, 3.05) is 7.11 Å². The number of pyridine rings is 2. The molecule has 2 heterocycles. The molecule has 0 radical (unpaired) electrons. The molecule has 1 aliphatic rings. The highest BCUT2D eigenvalue weighted by Gasteiger charge is 2.30. The fraction of sp³-hybridized carbons (Fsp3) is 0.286. The van der Waals surface area contributed by atoms with Gasteiger partial charge in [-0.2, -0.15) is 0 Å². The zero-order valence-corrected chi connectivity index (χ0v) is 11.8. The standard InChI is InChI=1S/C14H11ClFNO4/c1-21-12-10(15)9(16)5-17-11(12)7(6-2-3-6)4-8(13(17)18)14(19)20/h4-6H,2-3H2,1H3,(H,19,20). The maximum atomic E-state index is 13.8. The van der Waals surface area contributed by atoms with Crippen molar-refractivity contribution >= 4 is 23.1 Å². The molecule has 1 N–H and O–H groups in total. The summed E-state index contributed by atoms with van der Waals surface area (Å²) in [6, 6.07) is 1.34. The molecule has 0 spiro atoms. The van der Waals surface area contributed by atoms with E-state index in [0.29, 0.717) is 11.1 Å². The largest absolute Gasteiger partial charge is 0.493 e. The summed E-state index contributed by atoms with van der Waals surface area (Å²) >= 11 is 5.89. The molecule has 21 heavy (non-hydrogen) atoms. The number of carboxylic acids is 1. The van der Waals surface area contributed by atoms with Gasteiger partial charge >= 0.3 is 5.97 Å². The van der Waals surface area contributed by atoms with Gasteiger partial charge in [0.2, 0.25) is 0 Å². The summed E-state index contributed by atoms with van der Waals surface area (Å²) in [7, 11) is 1.33. The van der Waals surface area contributed by atoms with E-state index in [2.05, 4.69) is 0 Å². The maximum absolute atomic E-state index is 13.8. The van der Waals surface area contributed by atoms with Gasteiger partial charge in [-0.05, 0) is 30.4 Å². The minimum atomic E-state index is -1.34. The van der Waals surface area contributed by atoms with Gasteiger partial charge in [0.05, 0.1) is 18.8 Å². The van der Waals surface area contributed by atoms with Crippen LogP contribution in [-0.4, -0.2) is 22.6 Å². The molecule has 0 aromatic carbocycles. The number of aromatic nitrogens is 1. The summed E-state index contributed by atoms with van der Waals surface area (Å²) in [6.45, 7) is 0. The van der Waals surface area contributed by atoms with Gasteiger partial charge in [-0.15, -0.1) is 0 Å². The van der Waals surface area contributed by atoms with Crippen molar-refractivity contribution in [2.24, 2.45) is 0 Å². The molecule has 0 bridgehead atoms. The summed E-state index contributed by atoms with van der Waals surface area (Å²) < 4.78 is 19.9. The van der Waals surface area contributed by atoms with Crippen LogP contribution in [0.15, 0.2) is 17.1 Å². The van der Waals surface area contributed by atoms with Gasteiger partial charge in [0.1, 0.15) is 10.6 Å². The van der Waals surface area contributed by atoms with E-state index in [1.54, 1.807) is 0 Å². The van der Waals surface area contributed by atoms with Gasteiger partial charge in [-0.3, -0.25) is 9.20 Å². The minimum Gasteiger partial charge on any atom is -0.493 e. The quantitative estimate of drug-likeness (QED) is 0.946. The number of halogens is 2. The third kappa shape index (κ3) is 2.06. The van der Waals surface area contributed by atoms with E-state index in [-0.39, 0.29) is 16.7 Å². The maximum Gasteiger partial charge on any atom is 0.341 e. The highest BCUT2D eigenvalue weighted by Crippen LogP contribution is 2.45. The molecule has 2 aromatic heterocycles. The fourth-order valence-electron chi connectivity index (χ4n) is 2.45. The van der Waals surface area contributed by atoms with Gasteiger partial charge < -0.3 is 9.84 Å². The molecule has 0 saturated heterocycles. The number of aromatic carboxylic acids is 1. The number of ether oxygens (including phenoxy) is 1. The van der Waals surface area contributed by atoms with Crippen LogP contribution in [-0.2, 0) is 0 Å². The predicted molar refractivity (Wildman–Crippen MR) is 74.1 cm³/mol. The van der Waals surface area contributed by atoms with Crippen LogP contribution in [0.25, 0.3) is 5.52 Å². The van der Waals surface area contributed by atoms with E-state index < -0.39 is 22.9 Å². The summed E-state index contributed by atoms with van der Waals surface area (Å²) in [6.07, 6.45) is 2.66. The van der Waals surface area contributed by atoms with Crippen molar-refractivity contribution in [3.63, 3.8) is 0 Å². The number of hydrogen-bond acceptors (Lipinski definition) is 3. The number of methoxy groups -OCH3 is 1. The van der Waals surface area contributed by atoms with E-state index in [1.165, 1.54) is 13.2 Å². The first-order valence-electron chi connectivity index (χ1n) is 6.30. The predicted octanol–water partition coefficient (Wildman–Crippen LogP) is 2.68.